The Kier molecular flexibility index (Phi) is 5.23. The van der Waals surface area contributed by atoms with Crippen LogP contribution in [0.5, 0.6) is 11.5 Å². The molecule has 0 aromatic heterocycles. The molecule has 0 aliphatic carbocycles. The first kappa shape index (κ1) is 18.4. The van der Waals surface area contributed by atoms with Crippen molar-refractivity contribution in [2.45, 2.75) is 50.4 Å². The Morgan fingerprint density at radius 1 is 1.16 bits per heavy atom. The van der Waals surface area contributed by atoms with Crippen molar-refractivity contribution in [2.24, 2.45) is 0 Å². The molecule has 1 aromatic rings. The van der Waals surface area contributed by atoms with Gasteiger partial charge >= 0.3 is 0 Å². The van der Waals surface area contributed by atoms with Crippen LogP contribution in [0.2, 0.25) is 0 Å². The summed E-state index contributed by atoms with van der Waals surface area (Å²) in [5, 5.41) is 10.4. The summed E-state index contributed by atoms with van der Waals surface area (Å²) in [6, 6.07) is 3.08. The molecule has 0 saturated carbocycles. The van der Waals surface area contributed by atoms with Gasteiger partial charge in [0.1, 0.15) is 5.82 Å². The zero-order valence-corrected chi connectivity index (χ0v) is 15.3. The molecule has 2 aliphatic heterocycles. The quantitative estimate of drug-likeness (QED) is 0.902. The normalized spacial score (nSPS) is 26.6. The lowest BCUT2D eigenvalue weighted by Crippen LogP contribution is -2.53. The number of benzene rings is 1. The molecule has 1 atom stereocenters. The highest BCUT2D eigenvalue weighted by Crippen LogP contribution is 2.40. The SMILES string of the molecule is COc1cc(F)c(CN2CCC3(CC2)CC(C)(O)CCO3)cc1OC. The Morgan fingerprint density at radius 2 is 1.80 bits per heavy atom. The molecule has 25 heavy (non-hydrogen) atoms. The number of likely N-dealkylation sites (tertiary alicyclic amines) is 1. The second-order valence-electron chi connectivity index (χ2n) is 7.53. The van der Waals surface area contributed by atoms with E-state index in [-0.39, 0.29) is 11.4 Å². The molecule has 2 saturated heterocycles. The van der Waals surface area contributed by atoms with Crippen LogP contribution >= 0.6 is 0 Å². The molecular weight excluding hydrogens is 325 g/mol. The van der Waals surface area contributed by atoms with E-state index in [1.54, 1.807) is 13.2 Å². The summed E-state index contributed by atoms with van der Waals surface area (Å²) in [5.41, 5.74) is -0.269. The van der Waals surface area contributed by atoms with Gasteiger partial charge in [-0.1, -0.05) is 0 Å². The summed E-state index contributed by atoms with van der Waals surface area (Å²) in [6.07, 6.45) is 3.09. The van der Waals surface area contributed by atoms with E-state index < -0.39 is 5.60 Å². The Morgan fingerprint density at radius 3 is 2.40 bits per heavy atom. The fourth-order valence-electron chi connectivity index (χ4n) is 4.02. The van der Waals surface area contributed by atoms with Crippen molar-refractivity contribution in [3.05, 3.63) is 23.5 Å². The first-order valence-electron chi connectivity index (χ1n) is 8.85. The number of ether oxygens (including phenoxy) is 3. The van der Waals surface area contributed by atoms with E-state index in [1.165, 1.54) is 13.2 Å². The molecule has 0 amide bonds. The van der Waals surface area contributed by atoms with Crippen LogP contribution in [0.4, 0.5) is 4.39 Å². The average molecular weight is 353 g/mol. The molecule has 5 nitrogen and oxygen atoms in total. The lowest BCUT2D eigenvalue weighted by atomic mass is 9.78. The number of aliphatic hydroxyl groups is 1. The minimum atomic E-state index is -0.643. The third-order valence-electron chi connectivity index (χ3n) is 5.47. The van der Waals surface area contributed by atoms with Gasteiger partial charge < -0.3 is 19.3 Å². The van der Waals surface area contributed by atoms with Crippen molar-refractivity contribution in [1.29, 1.82) is 0 Å². The molecule has 0 bridgehead atoms. The van der Waals surface area contributed by atoms with Crippen LogP contribution in [0.25, 0.3) is 0 Å². The number of halogens is 1. The molecule has 140 valence electrons. The first-order chi connectivity index (χ1) is 11.9. The van der Waals surface area contributed by atoms with E-state index >= 15 is 0 Å². The Labute approximate surface area is 148 Å². The van der Waals surface area contributed by atoms with E-state index in [1.807, 2.05) is 6.92 Å². The summed E-state index contributed by atoms with van der Waals surface area (Å²) >= 11 is 0. The van der Waals surface area contributed by atoms with E-state index in [0.29, 0.717) is 43.1 Å². The smallest absolute Gasteiger partial charge is 0.163 e. The monoisotopic (exact) mass is 353 g/mol. The Bertz CT molecular complexity index is 612. The maximum Gasteiger partial charge on any atom is 0.163 e. The first-order valence-corrected chi connectivity index (χ1v) is 8.85. The van der Waals surface area contributed by atoms with Gasteiger partial charge in [-0.2, -0.15) is 0 Å². The van der Waals surface area contributed by atoms with Gasteiger partial charge in [-0.25, -0.2) is 4.39 Å². The summed E-state index contributed by atoms with van der Waals surface area (Å²) in [4.78, 5) is 2.22. The van der Waals surface area contributed by atoms with E-state index in [2.05, 4.69) is 4.90 Å². The van der Waals surface area contributed by atoms with Crippen LogP contribution in [-0.2, 0) is 11.3 Å². The van der Waals surface area contributed by atoms with Crippen LogP contribution in [0, 0.1) is 5.82 Å². The zero-order chi connectivity index (χ0) is 18.1. The predicted molar refractivity (Wildman–Crippen MR) is 92.6 cm³/mol. The van der Waals surface area contributed by atoms with Gasteiger partial charge in [0, 0.05) is 37.7 Å². The molecule has 2 fully saturated rings. The van der Waals surface area contributed by atoms with Crippen molar-refractivity contribution in [3.8, 4) is 11.5 Å². The third-order valence-corrected chi connectivity index (χ3v) is 5.47. The summed E-state index contributed by atoms with van der Waals surface area (Å²) < 4.78 is 30.8. The second-order valence-corrected chi connectivity index (χ2v) is 7.53. The highest BCUT2D eigenvalue weighted by molar-refractivity contribution is 5.43. The van der Waals surface area contributed by atoms with Crippen LogP contribution in [0.1, 0.15) is 38.2 Å². The summed E-state index contributed by atoms with van der Waals surface area (Å²) in [5.74, 6) is 0.660. The predicted octanol–water partition coefficient (Wildman–Crippen LogP) is 2.74. The number of hydrogen-bond acceptors (Lipinski definition) is 5. The lowest BCUT2D eigenvalue weighted by Gasteiger charge is -2.48. The molecule has 1 spiro atoms. The number of hydrogen-bond donors (Lipinski definition) is 1. The van der Waals surface area contributed by atoms with Crippen molar-refractivity contribution >= 4 is 0 Å². The fourth-order valence-corrected chi connectivity index (χ4v) is 4.02. The average Bonchev–Trinajstić information content (AvgIpc) is 2.57. The highest BCUT2D eigenvalue weighted by Gasteiger charge is 2.44. The van der Waals surface area contributed by atoms with Crippen LogP contribution < -0.4 is 9.47 Å². The van der Waals surface area contributed by atoms with Gasteiger partial charge in [-0.3, -0.25) is 4.90 Å². The van der Waals surface area contributed by atoms with E-state index in [9.17, 15) is 9.50 Å². The van der Waals surface area contributed by atoms with Gasteiger partial charge in [0.2, 0.25) is 0 Å². The largest absolute Gasteiger partial charge is 0.493 e. The Balaban J connectivity index is 1.65. The van der Waals surface area contributed by atoms with Gasteiger partial charge in [-0.15, -0.1) is 0 Å². The van der Waals surface area contributed by atoms with Crippen LogP contribution in [0.3, 0.4) is 0 Å². The minimum absolute atomic E-state index is 0.228. The molecule has 1 aromatic carbocycles. The fraction of sp³-hybridized carbons (Fsp3) is 0.684. The second kappa shape index (κ2) is 7.09. The lowest BCUT2D eigenvalue weighted by molar-refractivity contribution is -0.173. The van der Waals surface area contributed by atoms with Crippen molar-refractivity contribution < 1.29 is 23.7 Å². The van der Waals surface area contributed by atoms with Gasteiger partial charge in [0.15, 0.2) is 11.5 Å². The van der Waals surface area contributed by atoms with Crippen molar-refractivity contribution in [3.63, 3.8) is 0 Å². The molecule has 1 unspecified atom stereocenters. The Hall–Kier alpha value is -1.37. The maximum absolute atomic E-state index is 14.3. The molecule has 1 N–H and O–H groups in total. The van der Waals surface area contributed by atoms with Crippen LogP contribution in [0.15, 0.2) is 12.1 Å². The number of methoxy groups -OCH3 is 2. The summed E-state index contributed by atoms with van der Waals surface area (Å²) in [7, 11) is 3.05. The van der Waals surface area contributed by atoms with E-state index in [4.69, 9.17) is 14.2 Å². The van der Waals surface area contributed by atoms with Crippen molar-refractivity contribution in [2.75, 3.05) is 33.9 Å². The van der Waals surface area contributed by atoms with Gasteiger partial charge in [0.25, 0.3) is 0 Å². The minimum Gasteiger partial charge on any atom is -0.493 e. The highest BCUT2D eigenvalue weighted by atomic mass is 19.1. The molecule has 3 rings (SSSR count). The maximum atomic E-state index is 14.3. The number of nitrogens with zero attached hydrogens (tertiary/aromatic N) is 1. The topological polar surface area (TPSA) is 51.2 Å². The molecule has 6 heteroatoms. The molecule has 2 aliphatic rings. The number of rotatable bonds is 4. The standard InChI is InChI=1S/C19H28FNO4/c1-18(22)6-9-25-19(13-18)4-7-21(8-5-19)12-14-10-16(23-2)17(24-3)11-15(14)20/h10-11,22H,4-9,12-13H2,1-3H3. The van der Waals surface area contributed by atoms with E-state index in [0.717, 1.165) is 25.9 Å². The van der Waals surface area contributed by atoms with Crippen LogP contribution in [-0.4, -0.2) is 55.1 Å². The summed E-state index contributed by atoms with van der Waals surface area (Å²) in [6.45, 7) is 4.67. The zero-order valence-electron chi connectivity index (χ0n) is 15.3. The van der Waals surface area contributed by atoms with Crippen molar-refractivity contribution in [1.82, 2.24) is 4.90 Å². The molecule has 2 heterocycles. The van der Waals surface area contributed by atoms with Gasteiger partial charge in [-0.05, 0) is 32.3 Å². The van der Waals surface area contributed by atoms with Gasteiger partial charge in [0.05, 0.1) is 32.0 Å². The third kappa shape index (κ3) is 4.07. The molecule has 0 radical (unpaired) electrons. The number of piperidine rings is 1. The molecular formula is C19H28FNO4.